The van der Waals surface area contributed by atoms with Crippen LogP contribution in [-0.4, -0.2) is 52.5 Å². The molecule has 5 aromatic rings. The maximum atomic E-state index is 13.0. The number of amides is 1. The first-order valence-corrected chi connectivity index (χ1v) is 12.9. The van der Waals surface area contributed by atoms with E-state index in [1.807, 2.05) is 19.1 Å². The maximum absolute atomic E-state index is 13.0. The number of hydrogen-bond donors (Lipinski definition) is 1. The van der Waals surface area contributed by atoms with E-state index in [9.17, 15) is 9.18 Å². The lowest BCUT2D eigenvalue weighted by Gasteiger charge is -2.26. The second-order valence-electron chi connectivity index (χ2n) is 8.59. The quantitative estimate of drug-likeness (QED) is 0.263. The third-order valence-corrected chi connectivity index (χ3v) is 7.19. The minimum atomic E-state index is -0.717. The zero-order valence-corrected chi connectivity index (χ0v) is 22.1. The van der Waals surface area contributed by atoms with Crippen molar-refractivity contribution < 1.29 is 28.1 Å². The van der Waals surface area contributed by atoms with E-state index in [4.69, 9.17) is 35.5 Å². The van der Waals surface area contributed by atoms with Crippen LogP contribution in [0.15, 0.2) is 42.7 Å². The van der Waals surface area contributed by atoms with E-state index in [1.165, 1.54) is 30.7 Å². The molecule has 10 nitrogen and oxygen atoms in total. The Kier molecular flexibility index (Phi) is 6.49. The average Bonchev–Trinajstić information content (AvgIpc) is 3.38. The molecule has 198 valence electrons. The largest absolute Gasteiger partial charge is 0.484 e. The molecule has 1 N–H and O–H groups in total. The topological polar surface area (TPSA) is 118 Å². The van der Waals surface area contributed by atoms with E-state index < -0.39 is 18.1 Å². The van der Waals surface area contributed by atoms with Gasteiger partial charge in [0.25, 0.3) is 0 Å². The second kappa shape index (κ2) is 10.1. The van der Waals surface area contributed by atoms with Crippen LogP contribution < -0.4 is 19.5 Å². The van der Waals surface area contributed by atoms with Gasteiger partial charge in [0, 0.05) is 10.6 Å². The van der Waals surface area contributed by atoms with Crippen LogP contribution >= 0.6 is 22.9 Å². The van der Waals surface area contributed by atoms with Crippen molar-refractivity contribution in [3.8, 4) is 28.0 Å². The number of halogens is 2. The molecule has 0 fully saturated rings. The van der Waals surface area contributed by atoms with Gasteiger partial charge in [-0.05, 0) is 42.8 Å². The van der Waals surface area contributed by atoms with Crippen LogP contribution in [0.4, 0.5) is 14.9 Å². The van der Waals surface area contributed by atoms with Crippen molar-refractivity contribution in [3.05, 3.63) is 59.3 Å². The Balaban J connectivity index is 1.24. The Bertz CT molecular complexity index is 1730. The number of nitrogens with zero attached hydrogens (tertiary/aromatic N) is 4. The molecule has 13 heteroatoms. The number of methoxy groups -OCH3 is 1. The normalized spacial score (nSPS) is 14.4. The average molecular weight is 568 g/mol. The van der Waals surface area contributed by atoms with E-state index in [-0.39, 0.29) is 13.2 Å². The molecule has 2 aromatic carbocycles. The van der Waals surface area contributed by atoms with Crippen molar-refractivity contribution in [1.82, 2.24) is 19.9 Å². The zero-order valence-electron chi connectivity index (χ0n) is 20.5. The number of nitrogens with one attached hydrogen (secondary N) is 1. The summed E-state index contributed by atoms with van der Waals surface area (Å²) in [6.07, 6.45) is 1.50. The lowest BCUT2D eigenvalue weighted by molar-refractivity contribution is 0.0383. The first kappa shape index (κ1) is 25.0. The number of benzene rings is 2. The third-order valence-electron chi connectivity index (χ3n) is 5.89. The molecule has 3 aromatic heterocycles. The monoisotopic (exact) mass is 567 g/mol. The summed E-state index contributed by atoms with van der Waals surface area (Å²) < 4.78 is 36.4. The molecular formula is C26H19ClFN5O5S. The first-order valence-electron chi connectivity index (χ1n) is 11.7. The summed E-state index contributed by atoms with van der Waals surface area (Å²) in [5, 5.41) is 3.69. The van der Waals surface area contributed by atoms with Crippen LogP contribution in [0.3, 0.4) is 0 Å². The first-order chi connectivity index (χ1) is 18.9. The maximum Gasteiger partial charge on any atom is 0.411 e. The highest BCUT2D eigenvalue weighted by atomic mass is 35.5. The number of anilines is 1. The van der Waals surface area contributed by atoms with E-state index in [0.29, 0.717) is 44.1 Å². The predicted octanol–water partition coefficient (Wildman–Crippen LogP) is 5.80. The van der Waals surface area contributed by atoms with Gasteiger partial charge in [-0.1, -0.05) is 11.6 Å². The van der Waals surface area contributed by atoms with Crippen LogP contribution in [0.5, 0.6) is 17.4 Å². The minimum Gasteiger partial charge on any atom is -0.484 e. The molecule has 0 spiro atoms. The molecule has 4 heterocycles. The number of thiazole rings is 1. The molecule has 1 aliphatic heterocycles. The molecule has 0 bridgehead atoms. The van der Waals surface area contributed by atoms with Crippen molar-refractivity contribution >= 4 is 56.0 Å². The number of fused-ring (bicyclic) bond motifs is 4. The van der Waals surface area contributed by atoms with Gasteiger partial charge in [0.2, 0.25) is 11.8 Å². The fourth-order valence-electron chi connectivity index (χ4n) is 4.10. The molecule has 1 atom stereocenters. The molecule has 0 saturated heterocycles. The Labute approximate surface area is 229 Å². The fraction of sp³-hybridized carbons (Fsp3) is 0.192. The fourth-order valence-corrected chi connectivity index (χ4v) is 5.47. The number of hydrogen-bond acceptors (Lipinski definition) is 10. The van der Waals surface area contributed by atoms with E-state index in [2.05, 4.69) is 20.3 Å². The molecule has 1 aliphatic rings. The number of pyridine rings is 1. The predicted molar refractivity (Wildman–Crippen MR) is 144 cm³/mol. The highest BCUT2D eigenvalue weighted by molar-refractivity contribution is 7.22. The zero-order chi connectivity index (χ0) is 27.1. The summed E-state index contributed by atoms with van der Waals surface area (Å²) in [6.45, 7) is 2.04. The minimum absolute atomic E-state index is 0.0540. The van der Waals surface area contributed by atoms with Gasteiger partial charge in [-0.2, -0.15) is 4.39 Å². The van der Waals surface area contributed by atoms with Crippen molar-refractivity contribution in [2.75, 3.05) is 25.6 Å². The highest BCUT2D eigenvalue weighted by Gasteiger charge is 2.27. The molecule has 0 aliphatic carbocycles. The molecule has 1 amide bonds. The molecule has 0 saturated carbocycles. The van der Waals surface area contributed by atoms with Crippen LogP contribution in [0.25, 0.3) is 31.8 Å². The van der Waals surface area contributed by atoms with Crippen LogP contribution in [0.1, 0.15) is 5.56 Å². The second-order valence-corrected chi connectivity index (χ2v) is 10.0. The van der Waals surface area contributed by atoms with Gasteiger partial charge < -0.3 is 18.9 Å². The van der Waals surface area contributed by atoms with Gasteiger partial charge in [-0.3, -0.25) is 5.32 Å². The Morgan fingerprint density at radius 2 is 2.08 bits per heavy atom. The van der Waals surface area contributed by atoms with E-state index in [1.54, 1.807) is 12.3 Å². The molecular weight excluding hydrogens is 549 g/mol. The summed E-state index contributed by atoms with van der Waals surface area (Å²) in [5.41, 5.74) is 3.95. The van der Waals surface area contributed by atoms with Gasteiger partial charge in [-0.25, -0.2) is 24.7 Å². The van der Waals surface area contributed by atoms with Crippen molar-refractivity contribution in [3.63, 3.8) is 0 Å². The summed E-state index contributed by atoms with van der Waals surface area (Å²) in [7, 11) is 1.53. The van der Waals surface area contributed by atoms with Gasteiger partial charge >= 0.3 is 6.09 Å². The summed E-state index contributed by atoms with van der Waals surface area (Å²) in [6, 6.07) is 7.90. The Hall–Kier alpha value is -4.29. The number of aryl methyl sites for hydroxylation is 1. The number of carbonyl (C=O) groups excluding carboxylic acids is 1. The molecule has 39 heavy (non-hydrogen) atoms. The van der Waals surface area contributed by atoms with Crippen molar-refractivity contribution in [2.24, 2.45) is 0 Å². The molecule has 0 radical (unpaired) electrons. The standard InChI is InChI=1S/C26H19ClFN5O5S/c1-12-5-18-23(36-10-15(38-18)11-37-26(34)31-14-3-4-19(28)29-8-14)24-21(12)33-25(39-24)16-6-13(27)7-17-22(16)30-9-20(32-17)35-2/h3-9,15H,10-11H2,1-2H3,(H,31,34). The molecule has 1 unspecified atom stereocenters. The van der Waals surface area contributed by atoms with Gasteiger partial charge in [0.05, 0.1) is 41.7 Å². The van der Waals surface area contributed by atoms with Gasteiger partial charge in [0.15, 0.2) is 17.6 Å². The van der Waals surface area contributed by atoms with Gasteiger partial charge in [0.1, 0.15) is 22.9 Å². The van der Waals surface area contributed by atoms with Crippen LogP contribution in [0.2, 0.25) is 5.02 Å². The van der Waals surface area contributed by atoms with E-state index >= 15 is 0 Å². The number of rotatable bonds is 5. The number of aromatic nitrogens is 4. The summed E-state index contributed by atoms with van der Waals surface area (Å²) in [5.74, 6) is 0.835. The Morgan fingerprint density at radius 3 is 2.87 bits per heavy atom. The lowest BCUT2D eigenvalue weighted by Crippen LogP contribution is -2.35. The van der Waals surface area contributed by atoms with E-state index in [0.717, 1.165) is 27.4 Å². The SMILES string of the molecule is COc1cnc2c(-c3nc4c(C)cc5c(c4s3)OCC(COC(=O)Nc3ccc(F)nc3)O5)cc(Cl)cc2n1. The summed E-state index contributed by atoms with van der Waals surface area (Å²) in [4.78, 5) is 29.4. The molecule has 6 rings (SSSR count). The van der Waals surface area contributed by atoms with Gasteiger partial charge in [-0.15, -0.1) is 11.3 Å². The lowest BCUT2D eigenvalue weighted by atomic mass is 10.1. The highest BCUT2D eigenvalue weighted by Crippen LogP contribution is 2.46. The van der Waals surface area contributed by atoms with Crippen LogP contribution in [0, 0.1) is 12.9 Å². The van der Waals surface area contributed by atoms with Crippen molar-refractivity contribution in [1.29, 1.82) is 0 Å². The number of ether oxygens (including phenoxy) is 4. The third kappa shape index (κ3) is 4.95. The number of carbonyl (C=O) groups is 1. The summed E-state index contributed by atoms with van der Waals surface area (Å²) >= 11 is 7.83. The van der Waals surface area contributed by atoms with Crippen LogP contribution in [-0.2, 0) is 4.74 Å². The van der Waals surface area contributed by atoms with Crippen molar-refractivity contribution in [2.45, 2.75) is 13.0 Å². The Morgan fingerprint density at radius 1 is 1.21 bits per heavy atom. The smallest absolute Gasteiger partial charge is 0.411 e.